The van der Waals surface area contributed by atoms with Gasteiger partial charge >= 0.3 is 6.18 Å². The maximum absolute atomic E-state index is 13.8. The molecule has 0 bridgehead atoms. The normalized spacial score (nSPS) is 11.4. The number of rotatable bonds is 3. The number of nitrogens with zero attached hydrogens (tertiary/aromatic N) is 1. The SMILES string of the molecule is Fc1c(CCl)ccnc1Oc1cccc(C(F)(F)F)c1. The van der Waals surface area contributed by atoms with Crippen LogP contribution >= 0.6 is 11.6 Å². The molecule has 2 nitrogen and oxygen atoms in total. The Morgan fingerprint density at radius 2 is 1.95 bits per heavy atom. The Balaban J connectivity index is 2.31. The van der Waals surface area contributed by atoms with Crippen LogP contribution in [0.5, 0.6) is 11.6 Å². The summed E-state index contributed by atoms with van der Waals surface area (Å²) in [4.78, 5) is 3.64. The van der Waals surface area contributed by atoms with Crippen LogP contribution in [0, 0.1) is 5.82 Å². The van der Waals surface area contributed by atoms with E-state index in [9.17, 15) is 17.6 Å². The topological polar surface area (TPSA) is 22.1 Å². The van der Waals surface area contributed by atoms with Crippen molar-refractivity contribution in [2.75, 3.05) is 0 Å². The molecule has 0 atom stereocenters. The lowest BCUT2D eigenvalue weighted by Crippen LogP contribution is -2.04. The van der Waals surface area contributed by atoms with Crippen LogP contribution in [-0.4, -0.2) is 4.98 Å². The van der Waals surface area contributed by atoms with Crippen molar-refractivity contribution in [2.24, 2.45) is 0 Å². The van der Waals surface area contributed by atoms with Crippen molar-refractivity contribution in [1.82, 2.24) is 4.98 Å². The molecule has 0 aliphatic rings. The number of pyridine rings is 1. The lowest BCUT2D eigenvalue weighted by Gasteiger charge is -2.10. The first-order valence-electron chi connectivity index (χ1n) is 5.46. The zero-order chi connectivity index (χ0) is 14.8. The summed E-state index contributed by atoms with van der Waals surface area (Å²) in [6.45, 7) is 0. The van der Waals surface area contributed by atoms with Crippen LogP contribution in [0.4, 0.5) is 17.6 Å². The Bertz CT molecular complexity index is 616. The molecule has 0 unspecified atom stereocenters. The molecule has 106 valence electrons. The highest BCUT2D eigenvalue weighted by Crippen LogP contribution is 2.33. The highest BCUT2D eigenvalue weighted by Gasteiger charge is 2.30. The van der Waals surface area contributed by atoms with E-state index in [-0.39, 0.29) is 17.2 Å². The van der Waals surface area contributed by atoms with Crippen LogP contribution in [0.25, 0.3) is 0 Å². The van der Waals surface area contributed by atoms with E-state index in [4.69, 9.17) is 16.3 Å². The van der Waals surface area contributed by atoms with E-state index in [1.807, 2.05) is 0 Å². The summed E-state index contributed by atoms with van der Waals surface area (Å²) in [5.41, 5.74) is -0.729. The lowest BCUT2D eigenvalue weighted by atomic mass is 10.2. The van der Waals surface area contributed by atoms with Crippen molar-refractivity contribution in [3.8, 4) is 11.6 Å². The minimum Gasteiger partial charge on any atom is -0.436 e. The molecule has 0 amide bonds. The Labute approximate surface area is 117 Å². The van der Waals surface area contributed by atoms with E-state index in [2.05, 4.69) is 4.98 Å². The van der Waals surface area contributed by atoms with Gasteiger partial charge in [-0.3, -0.25) is 0 Å². The summed E-state index contributed by atoms with van der Waals surface area (Å²) in [6, 6.07) is 5.48. The summed E-state index contributed by atoms with van der Waals surface area (Å²) in [6.07, 6.45) is -3.23. The van der Waals surface area contributed by atoms with Gasteiger partial charge in [0.2, 0.25) is 0 Å². The fourth-order valence-electron chi connectivity index (χ4n) is 1.48. The third-order valence-corrected chi connectivity index (χ3v) is 2.74. The van der Waals surface area contributed by atoms with Crippen molar-refractivity contribution < 1.29 is 22.3 Å². The maximum Gasteiger partial charge on any atom is 0.416 e. The zero-order valence-corrected chi connectivity index (χ0v) is 10.7. The van der Waals surface area contributed by atoms with E-state index >= 15 is 0 Å². The predicted molar refractivity (Wildman–Crippen MR) is 65.3 cm³/mol. The molecule has 1 aromatic heterocycles. The molecule has 2 rings (SSSR count). The highest BCUT2D eigenvalue weighted by atomic mass is 35.5. The quantitative estimate of drug-likeness (QED) is 0.602. The molecule has 0 radical (unpaired) electrons. The van der Waals surface area contributed by atoms with Crippen molar-refractivity contribution in [1.29, 1.82) is 0 Å². The smallest absolute Gasteiger partial charge is 0.416 e. The molecule has 0 fully saturated rings. The summed E-state index contributed by atoms with van der Waals surface area (Å²) in [5.74, 6) is -1.45. The molecular weight excluding hydrogens is 298 g/mol. The van der Waals surface area contributed by atoms with Crippen LogP contribution < -0.4 is 4.74 Å². The maximum atomic E-state index is 13.8. The van der Waals surface area contributed by atoms with Crippen LogP contribution in [0.1, 0.15) is 11.1 Å². The van der Waals surface area contributed by atoms with E-state index in [0.29, 0.717) is 0 Å². The average Bonchev–Trinajstić information content (AvgIpc) is 2.40. The molecular formula is C13H8ClF4NO. The number of alkyl halides is 4. The van der Waals surface area contributed by atoms with Crippen LogP contribution in [0.3, 0.4) is 0 Å². The first-order chi connectivity index (χ1) is 9.41. The first kappa shape index (κ1) is 14.6. The second kappa shape index (κ2) is 5.66. The van der Waals surface area contributed by atoms with Gasteiger partial charge in [0.15, 0.2) is 5.82 Å². The molecule has 0 saturated heterocycles. The van der Waals surface area contributed by atoms with E-state index in [0.717, 1.165) is 12.1 Å². The minimum atomic E-state index is -4.50. The largest absolute Gasteiger partial charge is 0.436 e. The van der Waals surface area contributed by atoms with E-state index in [1.54, 1.807) is 0 Å². The lowest BCUT2D eigenvalue weighted by molar-refractivity contribution is -0.137. The van der Waals surface area contributed by atoms with Crippen molar-refractivity contribution >= 4 is 11.6 Å². The molecule has 0 spiro atoms. The Kier molecular flexibility index (Phi) is 4.13. The second-order valence-corrected chi connectivity index (χ2v) is 4.12. The Morgan fingerprint density at radius 3 is 2.60 bits per heavy atom. The van der Waals surface area contributed by atoms with Gasteiger partial charge in [-0.15, -0.1) is 11.6 Å². The van der Waals surface area contributed by atoms with Gasteiger partial charge in [-0.05, 0) is 24.3 Å². The Hall–Kier alpha value is -1.82. The molecule has 20 heavy (non-hydrogen) atoms. The van der Waals surface area contributed by atoms with Crippen LogP contribution in [0.2, 0.25) is 0 Å². The monoisotopic (exact) mass is 305 g/mol. The fraction of sp³-hybridized carbons (Fsp3) is 0.154. The summed E-state index contributed by atoms with van der Waals surface area (Å²) >= 11 is 5.52. The number of hydrogen-bond acceptors (Lipinski definition) is 2. The van der Waals surface area contributed by atoms with Crippen molar-refractivity contribution in [2.45, 2.75) is 12.1 Å². The van der Waals surface area contributed by atoms with Crippen molar-refractivity contribution in [3.63, 3.8) is 0 Å². The second-order valence-electron chi connectivity index (χ2n) is 3.85. The molecule has 0 N–H and O–H groups in total. The van der Waals surface area contributed by atoms with Gasteiger partial charge in [-0.25, -0.2) is 9.37 Å². The third kappa shape index (κ3) is 3.19. The summed E-state index contributed by atoms with van der Waals surface area (Å²) in [7, 11) is 0. The van der Waals surface area contributed by atoms with Gasteiger partial charge in [0, 0.05) is 11.8 Å². The van der Waals surface area contributed by atoms with Gasteiger partial charge < -0.3 is 4.74 Å². The van der Waals surface area contributed by atoms with Gasteiger partial charge in [0.1, 0.15) is 5.75 Å². The number of aromatic nitrogens is 1. The Morgan fingerprint density at radius 1 is 1.20 bits per heavy atom. The summed E-state index contributed by atoms with van der Waals surface area (Å²) in [5, 5.41) is 0. The molecule has 7 heteroatoms. The highest BCUT2D eigenvalue weighted by molar-refractivity contribution is 6.17. The minimum absolute atomic E-state index is 0.0900. The molecule has 0 saturated carbocycles. The van der Waals surface area contributed by atoms with Crippen molar-refractivity contribution in [3.05, 3.63) is 53.5 Å². The van der Waals surface area contributed by atoms with Crippen LogP contribution in [0.15, 0.2) is 36.5 Å². The van der Waals surface area contributed by atoms with Gasteiger partial charge in [0.05, 0.1) is 11.4 Å². The van der Waals surface area contributed by atoms with Crippen LogP contribution in [-0.2, 0) is 12.1 Å². The van der Waals surface area contributed by atoms with Gasteiger partial charge in [-0.1, -0.05) is 6.07 Å². The first-order valence-corrected chi connectivity index (χ1v) is 5.99. The average molecular weight is 306 g/mol. The fourth-order valence-corrected chi connectivity index (χ4v) is 1.69. The molecule has 0 aliphatic carbocycles. The predicted octanol–water partition coefficient (Wildman–Crippen LogP) is 4.77. The number of ether oxygens (including phenoxy) is 1. The van der Waals surface area contributed by atoms with E-state index < -0.39 is 23.4 Å². The van der Waals surface area contributed by atoms with E-state index in [1.165, 1.54) is 24.4 Å². The molecule has 1 heterocycles. The third-order valence-electron chi connectivity index (χ3n) is 2.46. The number of benzene rings is 1. The van der Waals surface area contributed by atoms with Gasteiger partial charge in [-0.2, -0.15) is 13.2 Å². The molecule has 2 aromatic rings. The molecule has 1 aromatic carbocycles. The number of hydrogen-bond donors (Lipinski definition) is 0. The van der Waals surface area contributed by atoms with Gasteiger partial charge in [0.25, 0.3) is 5.88 Å². The standard InChI is InChI=1S/C13H8ClF4NO/c14-7-8-4-5-19-12(11(8)15)20-10-3-1-2-9(6-10)13(16,17)18/h1-6H,7H2. The summed E-state index contributed by atoms with van der Waals surface area (Å²) < 4.78 is 56.5. The number of halogens is 5. The molecule has 0 aliphatic heterocycles. The zero-order valence-electron chi connectivity index (χ0n) is 9.92.